The normalized spacial score (nSPS) is 12.1. The molecule has 6 heteroatoms. The topological polar surface area (TPSA) is 47.3 Å². The predicted octanol–water partition coefficient (Wildman–Crippen LogP) is 2.50. The Morgan fingerprint density at radius 1 is 1.36 bits per heavy atom. The molecule has 2 aromatic rings. The molecule has 0 saturated heterocycles. The van der Waals surface area contributed by atoms with Crippen LogP contribution in [-0.4, -0.2) is 8.42 Å². The Hall–Kier alpha value is -1.07. The monoisotopic (exact) mass is 234 g/mol. The van der Waals surface area contributed by atoms with Crippen molar-refractivity contribution in [2.24, 2.45) is 0 Å². The predicted molar refractivity (Wildman–Crippen MR) is 49.2 cm³/mol. The SMILES string of the molecule is O=S(=O)(Cl)c1cc2cccc(F)c2o1. The van der Waals surface area contributed by atoms with E-state index in [1.165, 1.54) is 24.3 Å². The van der Waals surface area contributed by atoms with Crippen LogP contribution in [0.15, 0.2) is 33.8 Å². The van der Waals surface area contributed by atoms with Gasteiger partial charge in [0.1, 0.15) is 0 Å². The zero-order chi connectivity index (χ0) is 10.3. The van der Waals surface area contributed by atoms with E-state index in [9.17, 15) is 12.8 Å². The Labute approximate surface area is 83.5 Å². The van der Waals surface area contributed by atoms with Gasteiger partial charge in [-0.3, -0.25) is 0 Å². The minimum absolute atomic E-state index is 0.105. The third-order valence-electron chi connectivity index (χ3n) is 1.71. The average Bonchev–Trinajstić information content (AvgIpc) is 2.48. The molecule has 0 aliphatic heterocycles. The molecule has 0 saturated carbocycles. The van der Waals surface area contributed by atoms with E-state index in [2.05, 4.69) is 0 Å². The highest BCUT2D eigenvalue weighted by Gasteiger charge is 2.17. The summed E-state index contributed by atoms with van der Waals surface area (Å²) >= 11 is 0. The van der Waals surface area contributed by atoms with Gasteiger partial charge in [-0.15, -0.1) is 0 Å². The summed E-state index contributed by atoms with van der Waals surface area (Å²) in [6.45, 7) is 0. The molecule has 0 unspecified atom stereocenters. The molecule has 0 fully saturated rings. The highest BCUT2D eigenvalue weighted by atomic mass is 35.7. The van der Waals surface area contributed by atoms with Gasteiger partial charge in [0.2, 0.25) is 5.09 Å². The number of halogens is 2. The minimum Gasteiger partial charge on any atom is -0.440 e. The first-order valence-corrected chi connectivity index (χ1v) is 5.92. The molecule has 14 heavy (non-hydrogen) atoms. The molecule has 1 heterocycles. The van der Waals surface area contributed by atoms with E-state index in [0.717, 1.165) is 0 Å². The van der Waals surface area contributed by atoms with Crippen LogP contribution in [0.1, 0.15) is 0 Å². The summed E-state index contributed by atoms with van der Waals surface area (Å²) in [5, 5.41) is -0.0801. The molecule has 0 amide bonds. The van der Waals surface area contributed by atoms with Crippen molar-refractivity contribution in [2.75, 3.05) is 0 Å². The van der Waals surface area contributed by atoms with Gasteiger partial charge < -0.3 is 4.42 Å². The molecular weight excluding hydrogens is 231 g/mol. The van der Waals surface area contributed by atoms with Crippen molar-refractivity contribution in [3.63, 3.8) is 0 Å². The lowest BCUT2D eigenvalue weighted by molar-refractivity contribution is 0.471. The highest BCUT2D eigenvalue weighted by Crippen LogP contribution is 2.26. The Bertz CT molecular complexity index is 588. The van der Waals surface area contributed by atoms with Crippen LogP contribution in [0.5, 0.6) is 0 Å². The van der Waals surface area contributed by atoms with Crippen LogP contribution in [0.25, 0.3) is 11.0 Å². The van der Waals surface area contributed by atoms with Crippen molar-refractivity contribution in [1.82, 2.24) is 0 Å². The zero-order valence-electron chi connectivity index (χ0n) is 6.70. The van der Waals surface area contributed by atoms with Gasteiger partial charge in [-0.1, -0.05) is 12.1 Å². The first-order chi connectivity index (χ1) is 6.48. The first-order valence-electron chi connectivity index (χ1n) is 3.61. The lowest BCUT2D eigenvalue weighted by Crippen LogP contribution is -1.85. The van der Waals surface area contributed by atoms with Crippen LogP contribution < -0.4 is 0 Å². The second-order valence-electron chi connectivity index (χ2n) is 2.66. The highest BCUT2D eigenvalue weighted by molar-refractivity contribution is 8.13. The summed E-state index contributed by atoms with van der Waals surface area (Å²) in [5.74, 6) is -0.617. The van der Waals surface area contributed by atoms with Gasteiger partial charge in [-0.05, 0) is 6.07 Å². The summed E-state index contributed by atoms with van der Waals surface area (Å²) in [7, 11) is 1.10. The quantitative estimate of drug-likeness (QED) is 0.713. The third kappa shape index (κ3) is 1.49. The molecule has 0 aliphatic rings. The molecule has 0 spiro atoms. The van der Waals surface area contributed by atoms with Crippen molar-refractivity contribution in [3.05, 3.63) is 30.1 Å². The smallest absolute Gasteiger partial charge is 0.294 e. The number of hydrogen-bond acceptors (Lipinski definition) is 3. The van der Waals surface area contributed by atoms with Crippen LogP contribution in [0, 0.1) is 5.82 Å². The standard InChI is InChI=1S/C8H4ClFO3S/c9-14(11,12)7-4-5-2-1-3-6(10)8(5)13-7/h1-4H. The van der Waals surface area contributed by atoms with Crippen molar-refractivity contribution < 1.29 is 17.2 Å². The Morgan fingerprint density at radius 2 is 2.07 bits per heavy atom. The number of hydrogen-bond donors (Lipinski definition) is 0. The van der Waals surface area contributed by atoms with Gasteiger partial charge in [-0.25, -0.2) is 12.8 Å². The Morgan fingerprint density at radius 3 is 2.64 bits per heavy atom. The molecular formula is C8H4ClFO3S. The molecule has 1 aromatic carbocycles. The van der Waals surface area contributed by atoms with Crippen LogP contribution >= 0.6 is 10.7 Å². The van der Waals surface area contributed by atoms with Gasteiger partial charge in [0.05, 0.1) is 0 Å². The summed E-state index contributed by atoms with van der Waals surface area (Å²) in [5.41, 5.74) is -0.105. The second-order valence-corrected chi connectivity index (χ2v) is 5.16. The number of furan rings is 1. The molecule has 0 atom stereocenters. The second kappa shape index (κ2) is 2.96. The van der Waals surface area contributed by atoms with Crippen LogP contribution in [0.4, 0.5) is 4.39 Å². The van der Waals surface area contributed by atoms with E-state index in [1.54, 1.807) is 0 Å². The molecule has 3 nitrogen and oxygen atoms in total. The number of benzene rings is 1. The Kier molecular flexibility index (Phi) is 2.01. The summed E-state index contributed by atoms with van der Waals surface area (Å²) in [6, 6.07) is 5.35. The van der Waals surface area contributed by atoms with E-state index in [1.807, 2.05) is 0 Å². The van der Waals surface area contributed by atoms with E-state index in [4.69, 9.17) is 15.1 Å². The van der Waals surface area contributed by atoms with Crippen LogP contribution in [0.2, 0.25) is 0 Å². The summed E-state index contributed by atoms with van der Waals surface area (Å²) in [6.07, 6.45) is 0. The fraction of sp³-hybridized carbons (Fsp3) is 0. The Balaban J connectivity index is 2.81. The maximum absolute atomic E-state index is 13.1. The lowest BCUT2D eigenvalue weighted by Gasteiger charge is -1.88. The molecule has 1 aromatic heterocycles. The van der Waals surface area contributed by atoms with Gasteiger partial charge >= 0.3 is 0 Å². The molecule has 2 rings (SSSR count). The van der Waals surface area contributed by atoms with Gasteiger partial charge in [0.15, 0.2) is 11.4 Å². The average molecular weight is 235 g/mol. The van der Waals surface area contributed by atoms with Crippen molar-refractivity contribution >= 4 is 30.7 Å². The fourth-order valence-electron chi connectivity index (χ4n) is 1.12. The lowest BCUT2D eigenvalue weighted by atomic mass is 10.2. The maximum Gasteiger partial charge on any atom is 0.294 e. The zero-order valence-corrected chi connectivity index (χ0v) is 8.27. The van der Waals surface area contributed by atoms with Gasteiger partial charge in [0.25, 0.3) is 9.05 Å². The summed E-state index contributed by atoms with van der Waals surface area (Å²) in [4.78, 5) is 0. The number of para-hydroxylation sites is 1. The van der Waals surface area contributed by atoms with Crippen molar-refractivity contribution in [1.29, 1.82) is 0 Å². The molecule has 0 radical (unpaired) electrons. The van der Waals surface area contributed by atoms with Gasteiger partial charge in [0, 0.05) is 22.1 Å². The molecule has 0 bridgehead atoms. The largest absolute Gasteiger partial charge is 0.440 e. The van der Waals surface area contributed by atoms with Crippen LogP contribution in [-0.2, 0) is 9.05 Å². The van der Waals surface area contributed by atoms with Crippen LogP contribution in [0.3, 0.4) is 0 Å². The molecule has 0 aliphatic carbocycles. The summed E-state index contributed by atoms with van der Waals surface area (Å²) < 4.78 is 39.6. The first kappa shape index (κ1) is 9.48. The maximum atomic E-state index is 13.1. The molecule has 0 N–H and O–H groups in total. The van der Waals surface area contributed by atoms with Crippen molar-refractivity contribution in [3.8, 4) is 0 Å². The number of fused-ring (bicyclic) bond motifs is 1. The van der Waals surface area contributed by atoms with E-state index < -0.39 is 20.0 Å². The minimum atomic E-state index is -3.94. The van der Waals surface area contributed by atoms with Gasteiger partial charge in [-0.2, -0.15) is 0 Å². The van der Waals surface area contributed by atoms with Crippen molar-refractivity contribution in [2.45, 2.75) is 5.09 Å². The number of rotatable bonds is 1. The third-order valence-corrected chi connectivity index (χ3v) is 2.85. The van der Waals surface area contributed by atoms with E-state index >= 15 is 0 Å². The fourth-order valence-corrected chi connectivity index (χ4v) is 1.80. The van der Waals surface area contributed by atoms with E-state index in [0.29, 0.717) is 5.39 Å². The van der Waals surface area contributed by atoms with E-state index in [-0.39, 0.29) is 5.58 Å². The molecule has 74 valence electrons.